The van der Waals surface area contributed by atoms with Gasteiger partial charge >= 0.3 is 0 Å². The average Bonchev–Trinajstić information content (AvgIpc) is 3.07. The van der Waals surface area contributed by atoms with Gasteiger partial charge in [0.25, 0.3) is 6.43 Å². The van der Waals surface area contributed by atoms with Crippen molar-refractivity contribution >= 4 is 22.3 Å². The Hall–Kier alpha value is -2.92. The number of nitrogen functional groups attached to an aromatic ring is 1. The van der Waals surface area contributed by atoms with Crippen LogP contribution in [0, 0.1) is 13.8 Å². The third kappa shape index (κ3) is 5.67. The number of nitrogens with two attached hydrogens (primary N) is 1. The van der Waals surface area contributed by atoms with E-state index in [1.165, 1.54) is 11.3 Å². The summed E-state index contributed by atoms with van der Waals surface area (Å²) in [5, 5.41) is 9.32. The van der Waals surface area contributed by atoms with Crippen molar-refractivity contribution in [2.24, 2.45) is 0 Å². The van der Waals surface area contributed by atoms with Crippen molar-refractivity contribution in [1.82, 2.24) is 25.1 Å². The summed E-state index contributed by atoms with van der Waals surface area (Å²) in [4.78, 5) is 13.3. The largest absolute Gasteiger partial charge is 0.491 e. The highest BCUT2D eigenvalue weighted by Gasteiger charge is 2.25. The topological polar surface area (TPSA) is 93.3 Å². The van der Waals surface area contributed by atoms with E-state index >= 15 is 0 Å². The van der Waals surface area contributed by atoms with Crippen molar-refractivity contribution in [1.29, 1.82) is 0 Å². The van der Waals surface area contributed by atoms with E-state index in [0.717, 1.165) is 44.5 Å². The van der Waals surface area contributed by atoms with E-state index in [0.29, 0.717) is 30.7 Å². The van der Waals surface area contributed by atoms with Crippen LogP contribution < -0.4 is 15.4 Å². The monoisotopic (exact) mass is 503 g/mol. The van der Waals surface area contributed by atoms with Gasteiger partial charge in [0.05, 0.1) is 19.6 Å². The molecule has 2 N–H and O–H groups in total. The van der Waals surface area contributed by atoms with E-state index in [1.807, 2.05) is 19.9 Å². The van der Waals surface area contributed by atoms with Crippen LogP contribution in [0.1, 0.15) is 48.0 Å². The fourth-order valence-corrected chi connectivity index (χ4v) is 5.12. The van der Waals surface area contributed by atoms with E-state index in [2.05, 4.69) is 40.0 Å². The smallest absolute Gasteiger partial charge is 0.251 e. The van der Waals surface area contributed by atoms with E-state index in [9.17, 15) is 8.78 Å². The molecule has 0 atom stereocenters. The molecular formula is C24H31F2N7OS. The van der Waals surface area contributed by atoms with Crippen molar-refractivity contribution in [3.05, 3.63) is 40.3 Å². The summed E-state index contributed by atoms with van der Waals surface area (Å²) >= 11 is 1.35. The van der Waals surface area contributed by atoms with Crippen LogP contribution in [0.2, 0.25) is 0 Å². The lowest BCUT2D eigenvalue weighted by Gasteiger charge is -2.27. The molecule has 0 amide bonds. The molecular weight excluding hydrogens is 472 g/mol. The molecule has 0 bridgehead atoms. The molecule has 0 aliphatic carbocycles. The van der Waals surface area contributed by atoms with Gasteiger partial charge in [-0.25, -0.2) is 18.7 Å². The van der Waals surface area contributed by atoms with Gasteiger partial charge in [0, 0.05) is 28.9 Å². The molecule has 1 aromatic carbocycles. The predicted molar refractivity (Wildman–Crippen MR) is 134 cm³/mol. The summed E-state index contributed by atoms with van der Waals surface area (Å²) in [7, 11) is 1.65. The van der Waals surface area contributed by atoms with Crippen LogP contribution in [0.3, 0.4) is 0 Å². The van der Waals surface area contributed by atoms with Crippen molar-refractivity contribution < 1.29 is 13.5 Å². The second-order valence-electron chi connectivity index (χ2n) is 9.20. The fourth-order valence-electron chi connectivity index (χ4n) is 4.52. The first-order valence-electron chi connectivity index (χ1n) is 11.6. The highest BCUT2D eigenvalue weighted by molar-refractivity contribution is 7.18. The predicted octanol–water partition coefficient (Wildman–Crippen LogP) is 4.41. The number of nitrogens with zero attached hydrogens (tertiary/aromatic N) is 6. The SMILES string of the molecule is Cc1cc(-c2nnc(N)s2)cc2c1OCCN(c1nc(CN(C)CC(F)F)nc(C)c1C(C)C)C2. The van der Waals surface area contributed by atoms with Gasteiger partial charge in [-0.15, -0.1) is 10.2 Å². The van der Waals surface area contributed by atoms with Crippen LogP contribution in [-0.2, 0) is 13.1 Å². The molecule has 0 radical (unpaired) electrons. The molecule has 0 fully saturated rings. The number of benzene rings is 1. The summed E-state index contributed by atoms with van der Waals surface area (Å²) in [6.07, 6.45) is -2.41. The van der Waals surface area contributed by atoms with Crippen molar-refractivity contribution in [3.8, 4) is 16.3 Å². The van der Waals surface area contributed by atoms with E-state index in [4.69, 9.17) is 15.5 Å². The molecule has 0 spiro atoms. The van der Waals surface area contributed by atoms with Crippen molar-refractivity contribution in [2.45, 2.75) is 53.1 Å². The molecule has 0 saturated carbocycles. The lowest BCUT2D eigenvalue weighted by molar-refractivity contribution is 0.0965. The molecule has 0 unspecified atom stereocenters. The number of hydrogen-bond acceptors (Lipinski definition) is 9. The Bertz CT molecular complexity index is 1200. The Labute approximate surface area is 208 Å². The van der Waals surface area contributed by atoms with Crippen molar-refractivity contribution in [3.63, 3.8) is 0 Å². The first-order valence-corrected chi connectivity index (χ1v) is 12.4. The Morgan fingerprint density at radius 2 is 1.97 bits per heavy atom. The summed E-state index contributed by atoms with van der Waals surface area (Å²) in [6.45, 7) is 9.85. The first kappa shape index (κ1) is 25.2. The van der Waals surface area contributed by atoms with Crippen LogP contribution in [0.5, 0.6) is 5.75 Å². The fraction of sp³-hybridized carbons (Fsp3) is 0.500. The van der Waals surface area contributed by atoms with Crippen LogP contribution in [-0.4, -0.2) is 58.2 Å². The summed E-state index contributed by atoms with van der Waals surface area (Å²) in [5.74, 6) is 2.42. The highest BCUT2D eigenvalue weighted by Crippen LogP contribution is 2.37. The maximum absolute atomic E-state index is 12.9. The number of halogens is 2. The molecule has 8 nitrogen and oxygen atoms in total. The van der Waals surface area contributed by atoms with Gasteiger partial charge in [0.2, 0.25) is 5.13 Å². The third-order valence-corrected chi connectivity index (χ3v) is 6.71. The number of anilines is 2. The average molecular weight is 504 g/mol. The van der Waals surface area contributed by atoms with Gasteiger partial charge in [-0.1, -0.05) is 25.2 Å². The molecule has 1 aliphatic heterocycles. The van der Waals surface area contributed by atoms with E-state index in [-0.39, 0.29) is 19.0 Å². The molecule has 3 heterocycles. The Morgan fingerprint density at radius 1 is 1.20 bits per heavy atom. The zero-order valence-corrected chi connectivity index (χ0v) is 21.5. The number of aromatic nitrogens is 4. The standard InChI is InChI=1S/C24H31F2N7OS/c1-13(2)20-15(4)28-19(12-32(5)11-18(25)26)29-22(20)33-6-7-34-21-14(3)8-16(9-17(21)10-33)23-30-31-24(27)35-23/h8-9,13,18H,6-7,10-12H2,1-5H3,(H2,27,31). The molecule has 11 heteroatoms. The molecule has 188 valence electrons. The molecule has 0 saturated heterocycles. The number of ether oxygens (including phenoxy) is 1. The quantitative estimate of drug-likeness (QED) is 0.507. The van der Waals surface area contributed by atoms with E-state index < -0.39 is 6.43 Å². The minimum atomic E-state index is -2.41. The summed E-state index contributed by atoms with van der Waals surface area (Å²) < 4.78 is 31.9. The van der Waals surface area contributed by atoms with Gasteiger partial charge < -0.3 is 15.4 Å². The number of aryl methyl sites for hydroxylation is 2. The highest BCUT2D eigenvalue weighted by atomic mass is 32.1. The van der Waals surface area contributed by atoms with Crippen LogP contribution in [0.15, 0.2) is 12.1 Å². The summed E-state index contributed by atoms with van der Waals surface area (Å²) in [6, 6.07) is 4.11. The number of alkyl halides is 2. The zero-order chi connectivity index (χ0) is 25.3. The minimum absolute atomic E-state index is 0.193. The Kier molecular flexibility index (Phi) is 7.46. The summed E-state index contributed by atoms with van der Waals surface area (Å²) in [5.41, 5.74) is 10.7. The van der Waals surface area contributed by atoms with Crippen molar-refractivity contribution in [2.75, 3.05) is 37.4 Å². The third-order valence-electron chi connectivity index (χ3n) is 5.91. The molecule has 4 rings (SSSR count). The van der Waals surface area contributed by atoms with E-state index in [1.54, 1.807) is 11.9 Å². The molecule has 1 aliphatic rings. The van der Waals surface area contributed by atoms with Crippen LogP contribution in [0.4, 0.5) is 19.7 Å². The second-order valence-corrected chi connectivity index (χ2v) is 10.2. The van der Waals surface area contributed by atoms with Crippen LogP contribution >= 0.6 is 11.3 Å². The van der Waals surface area contributed by atoms with Gasteiger partial charge in [0.1, 0.15) is 29.0 Å². The minimum Gasteiger partial charge on any atom is -0.491 e. The maximum atomic E-state index is 12.9. The zero-order valence-electron chi connectivity index (χ0n) is 20.7. The normalized spacial score (nSPS) is 13.9. The molecule has 35 heavy (non-hydrogen) atoms. The first-order chi connectivity index (χ1) is 16.6. The Balaban J connectivity index is 1.72. The number of rotatable bonds is 7. The van der Waals surface area contributed by atoms with Gasteiger partial charge in [-0.3, -0.25) is 4.90 Å². The number of fused-ring (bicyclic) bond motifs is 1. The molecule has 3 aromatic rings. The van der Waals surface area contributed by atoms with Gasteiger partial charge in [-0.05, 0) is 44.5 Å². The van der Waals surface area contributed by atoms with Gasteiger partial charge in [0.15, 0.2) is 0 Å². The lowest BCUT2D eigenvalue weighted by atomic mass is 10.0. The number of hydrogen-bond donors (Lipinski definition) is 1. The Morgan fingerprint density at radius 3 is 2.63 bits per heavy atom. The van der Waals surface area contributed by atoms with Gasteiger partial charge in [-0.2, -0.15) is 0 Å². The maximum Gasteiger partial charge on any atom is 0.251 e. The lowest BCUT2D eigenvalue weighted by Crippen LogP contribution is -2.30. The second kappa shape index (κ2) is 10.4. The molecule has 2 aromatic heterocycles. The van der Waals surface area contributed by atoms with Crippen LogP contribution in [0.25, 0.3) is 10.6 Å².